The average Bonchev–Trinajstić information content (AvgIpc) is 2.62. The molecule has 4 heteroatoms. The molecule has 126 valence electrons. The summed E-state index contributed by atoms with van der Waals surface area (Å²) < 4.78 is 5.43. The van der Waals surface area contributed by atoms with Crippen molar-refractivity contribution in [3.63, 3.8) is 0 Å². The van der Waals surface area contributed by atoms with Gasteiger partial charge in [-0.05, 0) is 61.6 Å². The number of benzene rings is 2. The van der Waals surface area contributed by atoms with Crippen LogP contribution in [0.5, 0.6) is 5.75 Å². The third-order valence-electron chi connectivity index (χ3n) is 4.21. The van der Waals surface area contributed by atoms with E-state index in [1.54, 1.807) is 11.8 Å². The van der Waals surface area contributed by atoms with E-state index in [0.29, 0.717) is 12.4 Å². The molecular formula is C20H23NO2S. The lowest BCUT2D eigenvalue weighted by molar-refractivity contribution is -0.119. The maximum absolute atomic E-state index is 12.3. The van der Waals surface area contributed by atoms with E-state index in [1.807, 2.05) is 31.2 Å². The lowest BCUT2D eigenvalue weighted by atomic mass is 9.88. The van der Waals surface area contributed by atoms with E-state index in [0.717, 1.165) is 29.9 Å². The van der Waals surface area contributed by atoms with E-state index in [1.165, 1.54) is 11.1 Å². The fraction of sp³-hybridized carbons (Fsp3) is 0.350. The molecule has 24 heavy (non-hydrogen) atoms. The molecule has 3 rings (SSSR count). The van der Waals surface area contributed by atoms with Crippen LogP contribution in [0.4, 0.5) is 0 Å². The first-order valence-corrected chi connectivity index (χ1v) is 9.47. The van der Waals surface area contributed by atoms with E-state index >= 15 is 0 Å². The van der Waals surface area contributed by atoms with Gasteiger partial charge in [0.2, 0.25) is 5.91 Å². The van der Waals surface area contributed by atoms with Crippen molar-refractivity contribution in [2.24, 2.45) is 0 Å². The molecule has 2 aromatic carbocycles. The molecule has 0 heterocycles. The van der Waals surface area contributed by atoms with Crippen LogP contribution in [0.25, 0.3) is 0 Å². The number of thioether (sulfide) groups is 1. The highest BCUT2D eigenvalue weighted by Gasteiger charge is 2.21. The van der Waals surface area contributed by atoms with Crippen LogP contribution in [0, 0.1) is 0 Å². The molecule has 0 bridgehead atoms. The van der Waals surface area contributed by atoms with Gasteiger partial charge in [0.25, 0.3) is 0 Å². The second kappa shape index (κ2) is 8.25. The Morgan fingerprint density at radius 2 is 2.00 bits per heavy atom. The third-order valence-corrected chi connectivity index (χ3v) is 5.22. The number of nitrogens with one attached hydrogen (secondary N) is 1. The van der Waals surface area contributed by atoms with Gasteiger partial charge in [0.1, 0.15) is 5.75 Å². The number of aryl methyl sites for hydroxylation is 1. The van der Waals surface area contributed by atoms with Crippen molar-refractivity contribution in [3.8, 4) is 5.75 Å². The minimum Gasteiger partial charge on any atom is -0.494 e. The Morgan fingerprint density at radius 3 is 2.79 bits per heavy atom. The minimum atomic E-state index is 0.0931. The Labute approximate surface area is 147 Å². The number of hydrogen-bond acceptors (Lipinski definition) is 3. The lowest BCUT2D eigenvalue weighted by Gasteiger charge is -2.26. The highest BCUT2D eigenvalue weighted by atomic mass is 32.2. The van der Waals surface area contributed by atoms with E-state index in [9.17, 15) is 4.79 Å². The lowest BCUT2D eigenvalue weighted by Crippen LogP contribution is -2.32. The molecule has 0 radical (unpaired) electrons. The van der Waals surface area contributed by atoms with Crippen molar-refractivity contribution in [1.82, 2.24) is 5.32 Å². The first-order chi connectivity index (χ1) is 11.8. The molecule has 2 aromatic rings. The van der Waals surface area contributed by atoms with Gasteiger partial charge in [-0.2, -0.15) is 0 Å². The van der Waals surface area contributed by atoms with Crippen molar-refractivity contribution in [2.45, 2.75) is 37.1 Å². The highest BCUT2D eigenvalue weighted by Crippen LogP contribution is 2.29. The first kappa shape index (κ1) is 16.9. The van der Waals surface area contributed by atoms with Crippen molar-refractivity contribution in [3.05, 3.63) is 59.7 Å². The Morgan fingerprint density at radius 1 is 1.21 bits per heavy atom. The van der Waals surface area contributed by atoms with Gasteiger partial charge in [0, 0.05) is 4.90 Å². The summed E-state index contributed by atoms with van der Waals surface area (Å²) in [5.74, 6) is 1.40. The predicted molar refractivity (Wildman–Crippen MR) is 98.6 cm³/mol. The van der Waals surface area contributed by atoms with E-state index in [2.05, 4.69) is 29.6 Å². The summed E-state index contributed by atoms with van der Waals surface area (Å²) >= 11 is 1.56. The largest absolute Gasteiger partial charge is 0.494 e. The zero-order valence-corrected chi connectivity index (χ0v) is 14.8. The second-order valence-electron chi connectivity index (χ2n) is 5.90. The Balaban J connectivity index is 1.53. The molecule has 0 fully saturated rings. The molecule has 1 atom stereocenters. The van der Waals surface area contributed by atoms with Crippen LogP contribution in [-0.4, -0.2) is 18.3 Å². The van der Waals surface area contributed by atoms with Crippen molar-refractivity contribution < 1.29 is 9.53 Å². The molecule has 1 aliphatic carbocycles. The van der Waals surface area contributed by atoms with Crippen LogP contribution < -0.4 is 10.1 Å². The van der Waals surface area contributed by atoms with E-state index < -0.39 is 0 Å². The average molecular weight is 341 g/mol. The van der Waals surface area contributed by atoms with Crippen LogP contribution in [0.1, 0.15) is 36.9 Å². The minimum absolute atomic E-state index is 0.0931. The predicted octanol–water partition coefficient (Wildman–Crippen LogP) is 4.37. The zero-order chi connectivity index (χ0) is 16.8. The molecule has 0 spiro atoms. The van der Waals surface area contributed by atoms with Gasteiger partial charge in [-0.25, -0.2) is 0 Å². The maximum atomic E-state index is 12.3. The zero-order valence-electron chi connectivity index (χ0n) is 14.0. The van der Waals surface area contributed by atoms with Crippen LogP contribution in [0.3, 0.4) is 0 Å². The number of amides is 1. The molecule has 0 aromatic heterocycles. The van der Waals surface area contributed by atoms with Gasteiger partial charge in [-0.3, -0.25) is 4.79 Å². The smallest absolute Gasteiger partial charge is 0.230 e. The molecule has 1 unspecified atom stereocenters. The van der Waals surface area contributed by atoms with Gasteiger partial charge in [-0.1, -0.05) is 24.3 Å². The SMILES string of the molecule is CCOc1ccc(SCC(=O)NC2CCCc3ccccc32)cc1. The number of fused-ring (bicyclic) bond motifs is 1. The number of ether oxygens (including phenoxy) is 1. The molecule has 1 N–H and O–H groups in total. The number of carbonyl (C=O) groups is 1. The number of rotatable bonds is 6. The second-order valence-corrected chi connectivity index (χ2v) is 6.95. The highest BCUT2D eigenvalue weighted by molar-refractivity contribution is 8.00. The van der Waals surface area contributed by atoms with Crippen LogP contribution >= 0.6 is 11.8 Å². The summed E-state index contributed by atoms with van der Waals surface area (Å²) in [6.07, 6.45) is 3.27. The summed E-state index contributed by atoms with van der Waals surface area (Å²) in [6, 6.07) is 16.5. The van der Waals surface area contributed by atoms with Crippen molar-refractivity contribution in [1.29, 1.82) is 0 Å². The monoisotopic (exact) mass is 341 g/mol. The van der Waals surface area contributed by atoms with Gasteiger partial charge in [-0.15, -0.1) is 11.8 Å². The molecule has 0 saturated carbocycles. The molecule has 0 aliphatic heterocycles. The Bertz CT molecular complexity index is 684. The quantitative estimate of drug-likeness (QED) is 0.793. The van der Waals surface area contributed by atoms with Gasteiger partial charge >= 0.3 is 0 Å². The van der Waals surface area contributed by atoms with Crippen LogP contribution in [0.2, 0.25) is 0 Å². The van der Waals surface area contributed by atoms with Gasteiger partial charge in [0.05, 0.1) is 18.4 Å². The molecule has 1 amide bonds. The fourth-order valence-corrected chi connectivity index (χ4v) is 3.80. The van der Waals surface area contributed by atoms with Gasteiger partial charge in [0.15, 0.2) is 0 Å². The van der Waals surface area contributed by atoms with Crippen LogP contribution in [0.15, 0.2) is 53.4 Å². The third kappa shape index (κ3) is 4.32. The van der Waals surface area contributed by atoms with E-state index in [4.69, 9.17) is 4.74 Å². The van der Waals surface area contributed by atoms with E-state index in [-0.39, 0.29) is 11.9 Å². The summed E-state index contributed by atoms with van der Waals surface area (Å²) in [4.78, 5) is 13.4. The first-order valence-electron chi connectivity index (χ1n) is 8.49. The molecule has 1 aliphatic rings. The Hall–Kier alpha value is -1.94. The number of hydrogen-bond donors (Lipinski definition) is 1. The van der Waals surface area contributed by atoms with Crippen molar-refractivity contribution in [2.75, 3.05) is 12.4 Å². The summed E-state index contributed by atoms with van der Waals surface area (Å²) in [6.45, 7) is 2.63. The summed E-state index contributed by atoms with van der Waals surface area (Å²) in [7, 11) is 0. The molecular weight excluding hydrogens is 318 g/mol. The summed E-state index contributed by atoms with van der Waals surface area (Å²) in [5, 5.41) is 3.19. The molecule has 0 saturated heterocycles. The molecule has 3 nitrogen and oxygen atoms in total. The summed E-state index contributed by atoms with van der Waals surface area (Å²) in [5.41, 5.74) is 2.65. The number of carbonyl (C=O) groups excluding carboxylic acids is 1. The van der Waals surface area contributed by atoms with Gasteiger partial charge < -0.3 is 10.1 Å². The van der Waals surface area contributed by atoms with Crippen molar-refractivity contribution >= 4 is 17.7 Å². The fourth-order valence-electron chi connectivity index (χ4n) is 3.09. The normalized spacial score (nSPS) is 16.3. The standard InChI is InChI=1S/C20H23NO2S/c1-2-23-16-10-12-17(13-11-16)24-14-20(22)21-19-9-5-7-15-6-3-4-8-18(15)19/h3-4,6,8,10-13,19H,2,5,7,9,14H2,1H3,(H,21,22). The topological polar surface area (TPSA) is 38.3 Å². The van der Waals surface area contributed by atoms with Crippen LogP contribution in [-0.2, 0) is 11.2 Å². The Kier molecular flexibility index (Phi) is 5.81. The maximum Gasteiger partial charge on any atom is 0.230 e.